The molecule has 1 amide bonds. The van der Waals surface area contributed by atoms with Gasteiger partial charge in [0.15, 0.2) is 0 Å². The van der Waals surface area contributed by atoms with Gasteiger partial charge in [0.25, 0.3) is 5.91 Å². The lowest BCUT2D eigenvalue weighted by molar-refractivity contribution is -0.127. The van der Waals surface area contributed by atoms with Crippen LogP contribution in [0.4, 0.5) is 11.4 Å². The number of benzene rings is 3. The lowest BCUT2D eigenvalue weighted by Gasteiger charge is -2.37. The van der Waals surface area contributed by atoms with Gasteiger partial charge in [0, 0.05) is 11.6 Å². The second-order valence-electron chi connectivity index (χ2n) is 5.90. The smallest absolute Gasteiger partial charge is 0.261 e. The maximum Gasteiger partial charge on any atom is 0.261 e. The van der Waals surface area contributed by atoms with Crippen molar-refractivity contribution in [1.82, 2.24) is 0 Å². The highest BCUT2D eigenvalue weighted by molar-refractivity contribution is 6.06. The quantitative estimate of drug-likeness (QED) is 0.780. The zero-order valence-corrected chi connectivity index (χ0v) is 13.0. The van der Waals surface area contributed by atoms with Gasteiger partial charge in [-0.1, -0.05) is 66.7 Å². The normalized spacial score (nSPS) is 19.9. The molecule has 0 unspecified atom stereocenters. The van der Waals surface area contributed by atoms with Crippen LogP contribution in [0.2, 0.25) is 0 Å². The fourth-order valence-corrected chi connectivity index (χ4v) is 3.38. The lowest BCUT2D eigenvalue weighted by atomic mass is 9.82. The SMILES string of the molecule is O=C1[C@H](O)[C@@H](c2ccccc2)c2ccccc2N1c1ccccc1. The van der Waals surface area contributed by atoms with Crippen LogP contribution in [0.5, 0.6) is 0 Å². The van der Waals surface area contributed by atoms with Crippen molar-refractivity contribution in [2.75, 3.05) is 4.90 Å². The maximum absolute atomic E-state index is 12.9. The summed E-state index contributed by atoms with van der Waals surface area (Å²) in [6.07, 6.45) is -1.11. The van der Waals surface area contributed by atoms with E-state index in [0.29, 0.717) is 0 Å². The average molecular weight is 315 g/mol. The molecule has 3 heteroatoms. The summed E-state index contributed by atoms with van der Waals surface area (Å²) in [5.74, 6) is -0.649. The molecule has 3 nitrogen and oxygen atoms in total. The highest BCUT2D eigenvalue weighted by atomic mass is 16.3. The molecule has 0 aliphatic carbocycles. The van der Waals surface area contributed by atoms with Gasteiger partial charge in [-0.2, -0.15) is 0 Å². The van der Waals surface area contributed by atoms with E-state index in [0.717, 1.165) is 22.5 Å². The first kappa shape index (κ1) is 14.7. The van der Waals surface area contributed by atoms with Gasteiger partial charge in [-0.05, 0) is 29.3 Å². The van der Waals surface area contributed by atoms with E-state index < -0.39 is 6.10 Å². The first-order valence-electron chi connectivity index (χ1n) is 7.98. The average Bonchev–Trinajstić information content (AvgIpc) is 2.64. The third kappa shape index (κ3) is 2.30. The Bertz CT molecular complexity index is 861. The third-order valence-electron chi connectivity index (χ3n) is 4.47. The molecule has 0 saturated heterocycles. The van der Waals surface area contributed by atoms with Gasteiger partial charge < -0.3 is 5.11 Å². The van der Waals surface area contributed by atoms with E-state index in [1.54, 1.807) is 4.90 Å². The highest BCUT2D eigenvalue weighted by Crippen LogP contribution is 2.42. The van der Waals surface area contributed by atoms with Crippen molar-refractivity contribution < 1.29 is 9.90 Å². The number of nitrogens with zero attached hydrogens (tertiary/aromatic N) is 1. The van der Waals surface area contributed by atoms with Crippen LogP contribution >= 0.6 is 0 Å². The number of rotatable bonds is 2. The summed E-state index contributed by atoms with van der Waals surface area (Å²) in [4.78, 5) is 14.6. The van der Waals surface area contributed by atoms with Crippen LogP contribution in [-0.2, 0) is 4.79 Å². The van der Waals surface area contributed by atoms with Gasteiger partial charge in [-0.25, -0.2) is 0 Å². The molecule has 0 aromatic heterocycles. The largest absolute Gasteiger partial charge is 0.382 e. The first-order chi connectivity index (χ1) is 11.8. The van der Waals surface area contributed by atoms with Crippen LogP contribution in [-0.4, -0.2) is 17.1 Å². The van der Waals surface area contributed by atoms with Crippen LogP contribution in [0.3, 0.4) is 0 Å². The molecular weight excluding hydrogens is 298 g/mol. The summed E-state index contributed by atoms with van der Waals surface area (Å²) in [7, 11) is 0. The molecule has 3 aromatic rings. The summed E-state index contributed by atoms with van der Waals surface area (Å²) in [6.45, 7) is 0. The van der Waals surface area contributed by atoms with Crippen molar-refractivity contribution in [3.63, 3.8) is 0 Å². The number of para-hydroxylation sites is 2. The van der Waals surface area contributed by atoms with E-state index in [2.05, 4.69) is 0 Å². The number of hydrogen-bond donors (Lipinski definition) is 1. The summed E-state index contributed by atoms with van der Waals surface area (Å²) in [5, 5.41) is 10.8. The standard InChI is InChI=1S/C21H17NO2/c23-20-19(15-9-3-1-4-10-15)17-13-7-8-14-18(17)22(21(20)24)16-11-5-2-6-12-16/h1-14,19-20,23H/t19-,20+/m0/s1. The Kier molecular flexibility index (Phi) is 3.63. The fraction of sp³-hybridized carbons (Fsp3) is 0.0952. The molecule has 0 fully saturated rings. The molecule has 3 aromatic carbocycles. The van der Waals surface area contributed by atoms with E-state index in [-0.39, 0.29) is 11.8 Å². The Hall–Kier alpha value is -2.91. The van der Waals surface area contributed by atoms with E-state index >= 15 is 0 Å². The molecule has 0 radical (unpaired) electrons. The van der Waals surface area contributed by atoms with Crippen LogP contribution in [0.15, 0.2) is 84.9 Å². The minimum Gasteiger partial charge on any atom is -0.382 e. The van der Waals surface area contributed by atoms with E-state index in [1.165, 1.54) is 0 Å². The highest BCUT2D eigenvalue weighted by Gasteiger charge is 2.40. The van der Waals surface area contributed by atoms with Crippen molar-refractivity contribution in [2.24, 2.45) is 0 Å². The van der Waals surface area contributed by atoms with Crippen molar-refractivity contribution >= 4 is 17.3 Å². The van der Waals surface area contributed by atoms with Gasteiger partial charge in [-0.3, -0.25) is 9.69 Å². The molecule has 1 aliphatic heterocycles. The minimum atomic E-state index is -1.11. The molecule has 0 bridgehead atoms. The number of amides is 1. The predicted molar refractivity (Wildman–Crippen MR) is 94.3 cm³/mol. The summed E-state index contributed by atoms with van der Waals surface area (Å²) in [5.41, 5.74) is 3.49. The van der Waals surface area contributed by atoms with Crippen LogP contribution in [0.25, 0.3) is 0 Å². The number of aliphatic hydroxyl groups is 1. The Labute approximate surface area is 140 Å². The second kappa shape index (κ2) is 5.95. The molecule has 24 heavy (non-hydrogen) atoms. The molecule has 0 saturated carbocycles. The van der Waals surface area contributed by atoms with Crippen LogP contribution in [0, 0.1) is 0 Å². The van der Waals surface area contributed by atoms with Gasteiger partial charge in [0.1, 0.15) is 6.10 Å². The summed E-state index contributed by atoms with van der Waals surface area (Å²) < 4.78 is 0. The van der Waals surface area contributed by atoms with Gasteiger partial charge in [0.05, 0.1) is 5.69 Å². The van der Waals surface area contributed by atoms with Crippen LogP contribution in [0.1, 0.15) is 17.0 Å². The Morgan fingerprint density at radius 3 is 2.04 bits per heavy atom. The maximum atomic E-state index is 12.9. The number of aliphatic hydroxyl groups excluding tert-OH is 1. The summed E-state index contributed by atoms with van der Waals surface area (Å²) in [6, 6.07) is 26.9. The van der Waals surface area contributed by atoms with E-state index in [4.69, 9.17) is 0 Å². The number of hydrogen-bond acceptors (Lipinski definition) is 2. The molecule has 2 atom stereocenters. The Morgan fingerprint density at radius 1 is 0.750 bits per heavy atom. The molecule has 4 rings (SSSR count). The Balaban J connectivity index is 1.90. The zero-order valence-electron chi connectivity index (χ0n) is 13.0. The molecular formula is C21H17NO2. The molecule has 0 spiro atoms. The third-order valence-corrected chi connectivity index (χ3v) is 4.47. The van der Waals surface area contributed by atoms with Crippen molar-refractivity contribution in [3.8, 4) is 0 Å². The topological polar surface area (TPSA) is 40.5 Å². The first-order valence-corrected chi connectivity index (χ1v) is 7.98. The number of carbonyl (C=O) groups is 1. The monoisotopic (exact) mass is 315 g/mol. The second-order valence-corrected chi connectivity index (χ2v) is 5.90. The number of anilines is 2. The van der Waals surface area contributed by atoms with Crippen molar-refractivity contribution in [2.45, 2.75) is 12.0 Å². The van der Waals surface area contributed by atoms with Gasteiger partial charge in [0.2, 0.25) is 0 Å². The molecule has 118 valence electrons. The van der Waals surface area contributed by atoms with Gasteiger partial charge >= 0.3 is 0 Å². The zero-order chi connectivity index (χ0) is 16.5. The molecule has 1 N–H and O–H groups in total. The summed E-state index contributed by atoms with van der Waals surface area (Å²) >= 11 is 0. The van der Waals surface area contributed by atoms with E-state index in [9.17, 15) is 9.90 Å². The van der Waals surface area contributed by atoms with Crippen molar-refractivity contribution in [1.29, 1.82) is 0 Å². The molecule has 1 aliphatic rings. The van der Waals surface area contributed by atoms with E-state index in [1.807, 2.05) is 84.9 Å². The minimum absolute atomic E-state index is 0.297. The predicted octanol–water partition coefficient (Wildman–Crippen LogP) is 3.86. The number of fused-ring (bicyclic) bond motifs is 1. The number of carbonyl (C=O) groups excluding carboxylic acids is 1. The van der Waals surface area contributed by atoms with Gasteiger partial charge in [-0.15, -0.1) is 0 Å². The molecule has 1 heterocycles. The van der Waals surface area contributed by atoms with Crippen molar-refractivity contribution in [3.05, 3.63) is 96.1 Å². The lowest BCUT2D eigenvalue weighted by Crippen LogP contribution is -2.44. The Morgan fingerprint density at radius 2 is 1.33 bits per heavy atom. The van der Waals surface area contributed by atoms with Crippen LogP contribution < -0.4 is 4.90 Å². The fourth-order valence-electron chi connectivity index (χ4n) is 3.38.